The highest BCUT2D eigenvalue weighted by atomic mass is 32.2. The van der Waals surface area contributed by atoms with E-state index in [4.69, 9.17) is 0 Å². The van der Waals surface area contributed by atoms with Gasteiger partial charge >= 0.3 is 0 Å². The number of rotatable bonds is 6. The van der Waals surface area contributed by atoms with Gasteiger partial charge in [0.25, 0.3) is 0 Å². The largest absolute Gasteiger partial charge is 0.354 e. The Balaban J connectivity index is 1.57. The van der Waals surface area contributed by atoms with Gasteiger partial charge in [0.2, 0.25) is 11.8 Å². The summed E-state index contributed by atoms with van der Waals surface area (Å²) in [5, 5.41) is 14.7. The molecule has 0 bridgehead atoms. The predicted octanol–water partition coefficient (Wildman–Crippen LogP) is 1.51. The second-order valence-corrected chi connectivity index (χ2v) is 7.24. The normalized spacial score (nSPS) is 17.4. The Hall–Kier alpha value is -2.35. The highest BCUT2D eigenvalue weighted by molar-refractivity contribution is 7.99. The zero-order chi connectivity index (χ0) is 18.4. The van der Waals surface area contributed by atoms with E-state index in [9.17, 15) is 9.59 Å². The molecule has 3 rings (SSSR count). The maximum absolute atomic E-state index is 12.2. The van der Waals surface area contributed by atoms with Crippen LogP contribution in [0.15, 0.2) is 35.5 Å². The predicted molar refractivity (Wildman–Crippen MR) is 99.8 cm³/mol. The fourth-order valence-corrected chi connectivity index (χ4v) is 3.65. The molecule has 0 saturated carbocycles. The maximum Gasteiger partial charge on any atom is 0.242 e. The third-order valence-corrected chi connectivity index (χ3v) is 5.25. The molecule has 1 atom stereocenters. The van der Waals surface area contributed by atoms with Gasteiger partial charge < -0.3 is 15.2 Å². The Morgan fingerprint density at radius 1 is 1.31 bits per heavy atom. The van der Waals surface area contributed by atoms with Crippen LogP contribution in [0.25, 0.3) is 0 Å². The van der Waals surface area contributed by atoms with E-state index in [0.29, 0.717) is 24.7 Å². The van der Waals surface area contributed by atoms with Crippen molar-refractivity contribution in [1.29, 1.82) is 0 Å². The molecule has 2 amide bonds. The minimum Gasteiger partial charge on any atom is -0.354 e. The molecule has 2 heterocycles. The van der Waals surface area contributed by atoms with Crippen molar-refractivity contribution >= 4 is 23.6 Å². The highest BCUT2D eigenvalue weighted by Gasteiger charge is 2.22. The second kappa shape index (κ2) is 8.84. The van der Waals surface area contributed by atoms with Gasteiger partial charge in [0.05, 0.1) is 12.3 Å². The number of nitrogens with one attached hydrogen (secondary N) is 2. The number of carbonyl (C=O) groups is 2. The van der Waals surface area contributed by atoms with Gasteiger partial charge in [-0.05, 0) is 31.7 Å². The molecule has 26 heavy (non-hydrogen) atoms. The van der Waals surface area contributed by atoms with E-state index in [1.807, 2.05) is 41.8 Å². The van der Waals surface area contributed by atoms with Crippen molar-refractivity contribution in [3.63, 3.8) is 0 Å². The van der Waals surface area contributed by atoms with Crippen LogP contribution in [0.2, 0.25) is 0 Å². The van der Waals surface area contributed by atoms with Crippen molar-refractivity contribution in [1.82, 2.24) is 25.4 Å². The van der Waals surface area contributed by atoms with Crippen LogP contribution in [0, 0.1) is 6.92 Å². The molecule has 1 aliphatic rings. The summed E-state index contributed by atoms with van der Waals surface area (Å²) in [5.41, 5.74) is 1.15. The third-order valence-electron chi connectivity index (χ3n) is 4.29. The fraction of sp³-hybridized carbons (Fsp3) is 0.444. The number of benzene rings is 1. The first-order chi connectivity index (χ1) is 12.6. The topological polar surface area (TPSA) is 88.9 Å². The van der Waals surface area contributed by atoms with Crippen LogP contribution in [-0.2, 0) is 16.1 Å². The Kier molecular flexibility index (Phi) is 6.27. The van der Waals surface area contributed by atoms with Crippen LogP contribution in [0.5, 0.6) is 0 Å². The molecule has 1 saturated heterocycles. The van der Waals surface area contributed by atoms with Crippen LogP contribution >= 0.6 is 11.8 Å². The average Bonchev–Trinajstić information content (AvgIpc) is 2.85. The van der Waals surface area contributed by atoms with Crippen molar-refractivity contribution in [3.8, 4) is 0 Å². The molecule has 1 aromatic carbocycles. The number of hydrogen-bond acceptors (Lipinski definition) is 5. The lowest BCUT2D eigenvalue weighted by Crippen LogP contribution is -2.46. The summed E-state index contributed by atoms with van der Waals surface area (Å²) in [5.74, 6) is 0.754. The third kappa shape index (κ3) is 4.85. The molecule has 1 unspecified atom stereocenters. The molecule has 0 radical (unpaired) electrons. The van der Waals surface area contributed by atoms with Crippen molar-refractivity contribution in [2.75, 3.05) is 12.3 Å². The van der Waals surface area contributed by atoms with Crippen LogP contribution in [0.1, 0.15) is 30.7 Å². The lowest BCUT2D eigenvalue weighted by Gasteiger charge is -2.15. The Bertz CT molecular complexity index is 762. The van der Waals surface area contributed by atoms with E-state index >= 15 is 0 Å². The van der Waals surface area contributed by atoms with Gasteiger partial charge in [-0.15, -0.1) is 10.2 Å². The van der Waals surface area contributed by atoms with Crippen molar-refractivity contribution in [2.45, 2.75) is 43.9 Å². The zero-order valence-corrected chi connectivity index (χ0v) is 15.6. The van der Waals surface area contributed by atoms with E-state index in [2.05, 4.69) is 20.8 Å². The molecular formula is C18H23N5O2S. The number of thioether (sulfide) groups is 1. The molecule has 8 heteroatoms. The number of amides is 2. The first-order valence-electron chi connectivity index (χ1n) is 8.77. The summed E-state index contributed by atoms with van der Waals surface area (Å²) in [4.78, 5) is 24.2. The Morgan fingerprint density at radius 2 is 2.12 bits per heavy atom. The summed E-state index contributed by atoms with van der Waals surface area (Å²) in [6.07, 6.45) is 2.57. The second-order valence-electron chi connectivity index (χ2n) is 6.30. The Morgan fingerprint density at radius 3 is 2.92 bits per heavy atom. The molecule has 2 aromatic rings. The molecular weight excluding hydrogens is 350 g/mol. The smallest absolute Gasteiger partial charge is 0.242 e. The minimum absolute atomic E-state index is 0.0936. The van der Waals surface area contributed by atoms with Crippen molar-refractivity contribution < 1.29 is 9.59 Å². The number of carbonyl (C=O) groups excluding carboxylic acids is 2. The standard InChI is InChI=1S/C18H23N5O2S/c1-13-21-22-18(23(13)11-14-7-3-2-4-8-14)26-12-16(24)20-15-9-5-6-10-19-17(15)25/h2-4,7-8,15H,5-6,9-12H2,1H3,(H,19,25)(H,20,24). The van der Waals surface area contributed by atoms with Gasteiger partial charge in [-0.1, -0.05) is 42.1 Å². The monoisotopic (exact) mass is 373 g/mol. The summed E-state index contributed by atoms with van der Waals surface area (Å²) >= 11 is 1.34. The number of aryl methyl sites for hydroxylation is 1. The van der Waals surface area contributed by atoms with Gasteiger partial charge in [-0.3, -0.25) is 9.59 Å². The molecule has 1 aromatic heterocycles. The molecule has 138 valence electrons. The molecule has 7 nitrogen and oxygen atoms in total. The van der Waals surface area contributed by atoms with Gasteiger partial charge in [0.1, 0.15) is 11.9 Å². The minimum atomic E-state index is -0.436. The van der Waals surface area contributed by atoms with Crippen LogP contribution in [0.3, 0.4) is 0 Å². The summed E-state index contributed by atoms with van der Waals surface area (Å²) < 4.78 is 1.99. The highest BCUT2D eigenvalue weighted by Crippen LogP contribution is 2.18. The molecule has 2 N–H and O–H groups in total. The quantitative estimate of drug-likeness (QED) is 0.750. The van der Waals surface area contributed by atoms with Gasteiger partial charge in [-0.2, -0.15) is 0 Å². The van der Waals surface area contributed by atoms with Gasteiger partial charge in [0, 0.05) is 6.54 Å². The first-order valence-corrected chi connectivity index (χ1v) is 9.75. The van der Waals surface area contributed by atoms with Crippen LogP contribution < -0.4 is 10.6 Å². The molecule has 0 aliphatic carbocycles. The fourth-order valence-electron chi connectivity index (χ4n) is 2.86. The molecule has 1 aliphatic heterocycles. The average molecular weight is 373 g/mol. The number of nitrogens with zero attached hydrogens (tertiary/aromatic N) is 3. The first kappa shape index (κ1) is 18.4. The summed E-state index contributed by atoms with van der Waals surface area (Å²) in [7, 11) is 0. The SMILES string of the molecule is Cc1nnc(SCC(=O)NC2CCCCNC2=O)n1Cc1ccccc1. The molecule has 0 spiro atoms. The van der Waals surface area contributed by atoms with E-state index in [1.165, 1.54) is 11.8 Å². The van der Waals surface area contributed by atoms with E-state index in [1.54, 1.807) is 0 Å². The van der Waals surface area contributed by atoms with E-state index in [0.717, 1.165) is 24.2 Å². The van der Waals surface area contributed by atoms with Gasteiger partial charge in [-0.25, -0.2) is 0 Å². The van der Waals surface area contributed by atoms with E-state index < -0.39 is 6.04 Å². The van der Waals surface area contributed by atoms with E-state index in [-0.39, 0.29) is 17.6 Å². The number of hydrogen-bond donors (Lipinski definition) is 2. The lowest BCUT2D eigenvalue weighted by molar-refractivity contribution is -0.127. The maximum atomic E-state index is 12.2. The number of aromatic nitrogens is 3. The summed E-state index contributed by atoms with van der Waals surface area (Å²) in [6, 6.07) is 9.62. The van der Waals surface area contributed by atoms with Crippen molar-refractivity contribution in [2.24, 2.45) is 0 Å². The summed E-state index contributed by atoms with van der Waals surface area (Å²) in [6.45, 7) is 3.24. The lowest BCUT2D eigenvalue weighted by atomic mass is 10.1. The van der Waals surface area contributed by atoms with Gasteiger partial charge in [0.15, 0.2) is 5.16 Å². The zero-order valence-electron chi connectivity index (χ0n) is 14.8. The molecule has 1 fully saturated rings. The van der Waals surface area contributed by atoms with Crippen LogP contribution in [0.4, 0.5) is 0 Å². The Labute approximate surface area is 157 Å². The van der Waals surface area contributed by atoms with Crippen molar-refractivity contribution in [3.05, 3.63) is 41.7 Å². The van der Waals surface area contributed by atoms with Crippen LogP contribution in [-0.4, -0.2) is 44.9 Å².